The van der Waals surface area contributed by atoms with E-state index in [1.807, 2.05) is 0 Å². The quantitative estimate of drug-likeness (QED) is 0.263. The molecule has 12 heavy (non-hydrogen) atoms. The summed E-state index contributed by atoms with van der Waals surface area (Å²) in [5, 5.41) is 0. The van der Waals surface area contributed by atoms with Crippen LogP contribution in [0.5, 0.6) is 0 Å². The van der Waals surface area contributed by atoms with Crippen molar-refractivity contribution < 1.29 is 78.9 Å². The molecular formula is H5FeNaO7S3. The van der Waals surface area contributed by atoms with Crippen LogP contribution >= 0.6 is 0 Å². The van der Waals surface area contributed by atoms with E-state index in [-0.39, 0.29) is 48.1 Å². The molecule has 4 N–H and O–H groups in total. The molecule has 0 saturated heterocycles. The predicted molar refractivity (Wildman–Crippen MR) is 36.1 cm³/mol. The van der Waals surface area contributed by atoms with Crippen molar-refractivity contribution in [3.05, 3.63) is 0 Å². The molecule has 0 bridgehead atoms. The van der Waals surface area contributed by atoms with Gasteiger partial charge in [0.15, 0.2) is 0 Å². The Morgan fingerprint density at radius 1 is 1.00 bits per heavy atom. The van der Waals surface area contributed by atoms with Crippen molar-refractivity contribution in [1.82, 2.24) is 0 Å². The minimum Gasteiger partial charge on any atom is -1.00 e. The van der Waals surface area contributed by atoms with E-state index in [0.29, 0.717) is 0 Å². The van der Waals surface area contributed by atoms with E-state index in [0.717, 1.165) is 0 Å². The van der Waals surface area contributed by atoms with E-state index in [1.165, 1.54) is 0 Å². The molecular weight excluding hydrogens is 287 g/mol. The zero-order chi connectivity index (χ0) is 9.00. The van der Waals surface area contributed by atoms with E-state index in [9.17, 15) is 0 Å². The molecule has 0 heterocycles. The molecule has 0 amide bonds. The van der Waals surface area contributed by atoms with Crippen molar-refractivity contribution in [2.75, 3.05) is 0 Å². The molecule has 12 heteroatoms. The molecule has 0 radical (unpaired) electrons. The second-order valence-electron chi connectivity index (χ2n) is 0.896. The molecule has 0 atom stereocenters. The molecule has 0 aliphatic carbocycles. The van der Waals surface area contributed by atoms with Crippen LogP contribution < -0.4 is 29.6 Å². The first-order valence-electron chi connectivity index (χ1n) is 1.40. The van der Waals surface area contributed by atoms with Gasteiger partial charge < -0.3 is 1.43 Å². The average Bonchev–Trinajstić information content (AvgIpc) is 1.12. The Balaban J connectivity index is -0.0000000267. The van der Waals surface area contributed by atoms with E-state index in [2.05, 4.69) is 11.2 Å². The average molecular weight is 292 g/mol. The molecule has 0 saturated carbocycles. The van der Waals surface area contributed by atoms with E-state index < -0.39 is 19.5 Å². The summed E-state index contributed by atoms with van der Waals surface area (Å²) in [6.45, 7) is 0. The molecule has 0 aromatic heterocycles. The van der Waals surface area contributed by atoms with Crippen LogP contribution in [-0.4, -0.2) is 30.8 Å². The Morgan fingerprint density at radius 3 is 1.00 bits per heavy atom. The van der Waals surface area contributed by atoms with Crippen LogP contribution in [0, 0.1) is 0 Å². The number of rotatable bonds is 0. The molecule has 0 fully saturated rings. The first-order chi connectivity index (χ1) is 4.00. The number of hydrogen-bond donors (Lipinski definition) is 4. The van der Waals surface area contributed by atoms with Gasteiger partial charge in [-0.2, -0.15) is 12.6 Å². The minimum absolute atomic E-state index is 0. The fourth-order valence-corrected chi connectivity index (χ4v) is 0. The van der Waals surface area contributed by atoms with Gasteiger partial charge in [-0.25, -0.2) is 0 Å². The zero-order valence-electron chi connectivity index (χ0n) is 6.59. The Hall–Kier alpha value is 1.68. The summed E-state index contributed by atoms with van der Waals surface area (Å²) in [6.07, 6.45) is 0. The minimum atomic E-state index is -4.67. The SMILES string of the molecule is O=S(=O)(O)O.O=S(O)(O)=S.[Fe].[H-].[Na+]. The summed E-state index contributed by atoms with van der Waals surface area (Å²) < 4.78 is 55.5. The number of hydrogen-bond acceptors (Lipinski definition) is 4. The summed E-state index contributed by atoms with van der Waals surface area (Å²) in [4.78, 5) is 0. The normalized spacial score (nSPS) is 9.67. The molecule has 0 aromatic rings. The van der Waals surface area contributed by atoms with Crippen molar-refractivity contribution in [1.29, 1.82) is 0 Å². The van der Waals surface area contributed by atoms with Gasteiger partial charge in [-0.05, 0) is 0 Å². The fourth-order valence-electron chi connectivity index (χ4n) is 0. The van der Waals surface area contributed by atoms with E-state index in [1.54, 1.807) is 0 Å². The third-order valence-electron chi connectivity index (χ3n) is 0. The molecule has 0 unspecified atom stereocenters. The van der Waals surface area contributed by atoms with Crippen LogP contribution in [0.1, 0.15) is 1.43 Å². The van der Waals surface area contributed by atoms with Gasteiger partial charge in [-0.1, -0.05) is 0 Å². The largest absolute Gasteiger partial charge is 1.00 e. The first kappa shape index (κ1) is 23.5. The van der Waals surface area contributed by atoms with Crippen molar-refractivity contribution in [3.63, 3.8) is 0 Å². The van der Waals surface area contributed by atoms with Crippen molar-refractivity contribution >= 4 is 30.6 Å². The Bertz CT molecular complexity index is 220. The van der Waals surface area contributed by atoms with Crippen LogP contribution in [0.15, 0.2) is 0 Å². The fraction of sp³-hybridized carbons (Fsp3) is 0. The summed E-state index contributed by atoms with van der Waals surface area (Å²) in [5.74, 6) is 0. The van der Waals surface area contributed by atoms with Gasteiger partial charge in [-0.3, -0.25) is 18.2 Å². The summed E-state index contributed by atoms with van der Waals surface area (Å²) in [7, 11) is -8.50. The van der Waals surface area contributed by atoms with Gasteiger partial charge in [0, 0.05) is 28.3 Å². The third kappa shape index (κ3) is 472. The monoisotopic (exact) mass is 292 g/mol. The summed E-state index contributed by atoms with van der Waals surface area (Å²) >= 11 is 3.47. The second-order valence-corrected chi connectivity index (χ2v) is 3.99. The van der Waals surface area contributed by atoms with Gasteiger partial charge in [-0.15, -0.1) is 0 Å². The summed E-state index contributed by atoms with van der Waals surface area (Å²) in [5.41, 5.74) is 0. The van der Waals surface area contributed by atoms with Crippen LogP contribution in [0.25, 0.3) is 0 Å². The van der Waals surface area contributed by atoms with Gasteiger partial charge in [0.25, 0.3) is 9.05 Å². The van der Waals surface area contributed by atoms with Crippen LogP contribution in [0.4, 0.5) is 0 Å². The Morgan fingerprint density at radius 2 is 1.00 bits per heavy atom. The molecule has 0 rings (SSSR count). The molecule has 0 spiro atoms. The Kier molecular flexibility index (Phi) is 18.1. The molecule has 0 aliphatic rings. The molecule has 74 valence electrons. The third-order valence-corrected chi connectivity index (χ3v) is 0. The Labute approximate surface area is 108 Å². The predicted octanol–water partition coefficient (Wildman–Crippen LogP) is -3.86. The maximum atomic E-state index is 9.11. The standard InChI is InChI=1S/Fe.Na.H2O4S.H2O3S2.H/c;;2*1-5(2,3)4;/h;;2*(H2,1,2,3,4);/q;+1;;;-1. The molecule has 7 nitrogen and oxygen atoms in total. The van der Waals surface area contributed by atoms with Crippen molar-refractivity contribution in [2.24, 2.45) is 0 Å². The van der Waals surface area contributed by atoms with Crippen LogP contribution in [0.2, 0.25) is 0 Å². The van der Waals surface area contributed by atoms with Gasteiger partial charge in [0.05, 0.1) is 0 Å². The van der Waals surface area contributed by atoms with Crippen molar-refractivity contribution in [3.8, 4) is 0 Å². The maximum Gasteiger partial charge on any atom is 1.00 e. The van der Waals surface area contributed by atoms with E-state index in [4.69, 9.17) is 30.8 Å². The van der Waals surface area contributed by atoms with Crippen molar-refractivity contribution in [2.45, 2.75) is 0 Å². The molecule has 0 aliphatic heterocycles. The second kappa shape index (κ2) is 9.24. The zero-order valence-corrected chi connectivity index (χ0v) is 11.1. The van der Waals surface area contributed by atoms with Gasteiger partial charge in [0.1, 0.15) is 0 Å². The maximum absolute atomic E-state index is 9.11. The van der Waals surface area contributed by atoms with Gasteiger partial charge >= 0.3 is 40.0 Å². The van der Waals surface area contributed by atoms with Crippen LogP contribution in [-0.2, 0) is 47.7 Å². The first-order valence-corrected chi connectivity index (χ1v) is 5.19. The van der Waals surface area contributed by atoms with Crippen LogP contribution in [0.3, 0.4) is 0 Å². The smallest absolute Gasteiger partial charge is 1.00 e. The van der Waals surface area contributed by atoms with Gasteiger partial charge in [0.2, 0.25) is 0 Å². The topological polar surface area (TPSA) is 132 Å². The summed E-state index contributed by atoms with van der Waals surface area (Å²) in [6, 6.07) is 0. The molecule has 0 aromatic carbocycles. The van der Waals surface area contributed by atoms with E-state index >= 15 is 0 Å².